The Labute approximate surface area is 185 Å². The van der Waals surface area contributed by atoms with Crippen molar-refractivity contribution in [1.82, 2.24) is 9.80 Å². The number of ether oxygens (including phenoxy) is 1. The zero-order valence-corrected chi connectivity index (χ0v) is 18.1. The summed E-state index contributed by atoms with van der Waals surface area (Å²) in [6.07, 6.45) is 0. The second kappa shape index (κ2) is 9.30. The van der Waals surface area contributed by atoms with Gasteiger partial charge >= 0.3 is 6.03 Å². The molecule has 4 rings (SSSR count). The fourth-order valence-corrected chi connectivity index (χ4v) is 4.30. The maximum atomic E-state index is 12.6. The highest BCUT2D eigenvalue weighted by molar-refractivity contribution is 8.14. The van der Waals surface area contributed by atoms with Crippen LogP contribution in [0.4, 0.5) is 21.0 Å². The molecule has 8 nitrogen and oxygen atoms in total. The first-order chi connectivity index (χ1) is 15.0. The van der Waals surface area contributed by atoms with Crippen molar-refractivity contribution in [3.63, 3.8) is 0 Å². The molecule has 162 valence electrons. The van der Waals surface area contributed by atoms with E-state index in [0.29, 0.717) is 18.8 Å². The van der Waals surface area contributed by atoms with Gasteiger partial charge in [0.25, 0.3) is 5.24 Å². The van der Waals surface area contributed by atoms with Gasteiger partial charge in [-0.25, -0.2) is 4.79 Å². The van der Waals surface area contributed by atoms with Crippen LogP contribution in [0, 0.1) is 0 Å². The molecule has 1 N–H and O–H groups in total. The molecule has 2 heterocycles. The second-order valence-electron chi connectivity index (χ2n) is 7.33. The van der Waals surface area contributed by atoms with Gasteiger partial charge < -0.3 is 19.9 Å². The van der Waals surface area contributed by atoms with E-state index in [0.717, 1.165) is 41.9 Å². The number of amides is 4. The molecule has 2 saturated heterocycles. The first-order valence-electron chi connectivity index (χ1n) is 10.0. The van der Waals surface area contributed by atoms with Crippen molar-refractivity contribution in [3.8, 4) is 5.75 Å². The van der Waals surface area contributed by atoms with Crippen LogP contribution in [0.2, 0.25) is 0 Å². The molecule has 9 heteroatoms. The minimum atomic E-state index is -0.212. The number of piperazine rings is 1. The summed E-state index contributed by atoms with van der Waals surface area (Å²) in [5.41, 5.74) is 2.64. The molecule has 0 spiro atoms. The first-order valence-corrected chi connectivity index (χ1v) is 11.0. The number of carbonyl (C=O) groups is 3. The number of carbonyl (C=O) groups excluding carboxylic acids is 3. The molecule has 2 aliphatic rings. The van der Waals surface area contributed by atoms with Crippen LogP contribution in [0.5, 0.6) is 5.75 Å². The quantitative estimate of drug-likeness (QED) is 0.769. The standard InChI is InChI=1S/C22H24N4O4S/c1-30-19-8-6-18(7-9-19)24-10-12-25(13-11-24)21(28)23-17-4-2-16(3-5-17)14-26-20(27)15-31-22(26)29/h2-9H,10-15H2,1H3,(H,23,28). The maximum absolute atomic E-state index is 12.6. The summed E-state index contributed by atoms with van der Waals surface area (Å²) in [6.45, 7) is 3.04. The van der Waals surface area contributed by atoms with Crippen molar-refractivity contribution in [3.05, 3.63) is 54.1 Å². The SMILES string of the molecule is COc1ccc(N2CCN(C(=O)Nc3ccc(CN4C(=O)CSC4=O)cc3)CC2)cc1. The van der Waals surface area contributed by atoms with Crippen molar-refractivity contribution >= 4 is 40.3 Å². The number of urea groups is 1. The molecule has 0 unspecified atom stereocenters. The van der Waals surface area contributed by atoms with Crippen molar-refractivity contribution in [1.29, 1.82) is 0 Å². The number of anilines is 2. The highest BCUT2D eigenvalue weighted by atomic mass is 32.2. The molecule has 2 aliphatic heterocycles. The predicted octanol–water partition coefficient (Wildman–Crippen LogP) is 3.24. The van der Waals surface area contributed by atoms with Gasteiger partial charge in [0.2, 0.25) is 5.91 Å². The number of rotatable bonds is 5. The molecule has 2 aromatic carbocycles. The van der Waals surface area contributed by atoms with E-state index in [1.165, 1.54) is 4.90 Å². The molecule has 0 bridgehead atoms. The van der Waals surface area contributed by atoms with Crippen molar-refractivity contribution in [2.75, 3.05) is 49.3 Å². The first kappa shape index (κ1) is 21.0. The highest BCUT2D eigenvalue weighted by Gasteiger charge is 2.29. The van der Waals surface area contributed by atoms with E-state index in [1.807, 2.05) is 36.4 Å². The number of benzene rings is 2. The van der Waals surface area contributed by atoms with E-state index in [9.17, 15) is 14.4 Å². The molecule has 0 aromatic heterocycles. The smallest absolute Gasteiger partial charge is 0.321 e. The van der Waals surface area contributed by atoms with Crippen molar-refractivity contribution < 1.29 is 19.1 Å². The van der Waals surface area contributed by atoms with Gasteiger partial charge in [-0.1, -0.05) is 23.9 Å². The summed E-state index contributed by atoms with van der Waals surface area (Å²) < 4.78 is 5.20. The Morgan fingerprint density at radius 3 is 2.26 bits per heavy atom. The summed E-state index contributed by atoms with van der Waals surface area (Å²) in [5, 5.41) is 2.71. The van der Waals surface area contributed by atoms with Crippen molar-refractivity contribution in [2.45, 2.75) is 6.54 Å². The van der Waals surface area contributed by atoms with Crippen LogP contribution in [-0.4, -0.2) is 66.0 Å². The summed E-state index contributed by atoms with van der Waals surface area (Å²) in [4.78, 5) is 41.4. The van der Waals surface area contributed by atoms with Gasteiger partial charge in [0.1, 0.15) is 5.75 Å². The van der Waals surface area contributed by atoms with Crippen LogP contribution in [0.3, 0.4) is 0 Å². The van der Waals surface area contributed by atoms with E-state index in [-0.39, 0.29) is 29.5 Å². The zero-order chi connectivity index (χ0) is 21.8. The molecule has 2 fully saturated rings. The van der Waals surface area contributed by atoms with Gasteiger partial charge in [-0.3, -0.25) is 14.5 Å². The summed E-state index contributed by atoms with van der Waals surface area (Å²) >= 11 is 1.03. The lowest BCUT2D eigenvalue weighted by molar-refractivity contribution is -0.125. The Kier molecular flexibility index (Phi) is 6.31. The van der Waals surface area contributed by atoms with Gasteiger partial charge in [-0.05, 0) is 42.0 Å². The van der Waals surface area contributed by atoms with E-state index in [1.54, 1.807) is 24.1 Å². The fraction of sp³-hybridized carbons (Fsp3) is 0.318. The third-order valence-electron chi connectivity index (χ3n) is 5.39. The number of nitrogens with zero attached hydrogens (tertiary/aromatic N) is 3. The Hall–Kier alpha value is -3.20. The minimum Gasteiger partial charge on any atom is -0.497 e. The molecule has 0 radical (unpaired) electrons. The van der Waals surface area contributed by atoms with Gasteiger partial charge in [0, 0.05) is 37.6 Å². The molecule has 31 heavy (non-hydrogen) atoms. The largest absolute Gasteiger partial charge is 0.497 e. The Morgan fingerprint density at radius 2 is 1.68 bits per heavy atom. The van der Waals surface area contributed by atoms with Gasteiger partial charge in [0.05, 0.1) is 19.4 Å². The Balaban J connectivity index is 1.27. The topological polar surface area (TPSA) is 82.2 Å². The summed E-state index contributed by atoms with van der Waals surface area (Å²) in [6, 6.07) is 15.0. The molecule has 0 saturated carbocycles. The number of methoxy groups -OCH3 is 1. The maximum Gasteiger partial charge on any atom is 0.321 e. The Bertz CT molecular complexity index is 940. The average Bonchev–Trinajstić information content (AvgIpc) is 3.12. The lowest BCUT2D eigenvalue weighted by Crippen LogP contribution is -2.50. The van der Waals surface area contributed by atoms with Gasteiger partial charge in [-0.2, -0.15) is 0 Å². The highest BCUT2D eigenvalue weighted by Crippen LogP contribution is 2.23. The lowest BCUT2D eigenvalue weighted by Gasteiger charge is -2.36. The van der Waals surface area contributed by atoms with Crippen molar-refractivity contribution in [2.24, 2.45) is 0 Å². The third-order valence-corrected chi connectivity index (χ3v) is 6.25. The lowest BCUT2D eigenvalue weighted by atomic mass is 10.2. The monoisotopic (exact) mass is 440 g/mol. The average molecular weight is 441 g/mol. The van der Waals surface area contributed by atoms with E-state index >= 15 is 0 Å². The third kappa shape index (κ3) is 4.93. The minimum absolute atomic E-state index is 0.136. The number of hydrogen-bond acceptors (Lipinski definition) is 6. The van der Waals surface area contributed by atoms with E-state index < -0.39 is 0 Å². The number of hydrogen-bond donors (Lipinski definition) is 1. The summed E-state index contributed by atoms with van der Waals surface area (Å²) in [7, 11) is 1.65. The molecule has 0 aliphatic carbocycles. The predicted molar refractivity (Wildman–Crippen MR) is 121 cm³/mol. The Morgan fingerprint density at radius 1 is 1.00 bits per heavy atom. The van der Waals surface area contributed by atoms with Crippen LogP contribution in [-0.2, 0) is 11.3 Å². The van der Waals surface area contributed by atoms with E-state index in [2.05, 4.69) is 10.2 Å². The molecule has 4 amide bonds. The number of nitrogens with one attached hydrogen (secondary N) is 1. The van der Waals surface area contributed by atoms with Crippen LogP contribution in [0.1, 0.15) is 5.56 Å². The van der Waals surface area contributed by atoms with Crippen LogP contribution in [0.25, 0.3) is 0 Å². The summed E-state index contributed by atoms with van der Waals surface area (Å²) in [5.74, 6) is 0.866. The molecule has 0 atom stereocenters. The van der Waals surface area contributed by atoms with Gasteiger partial charge in [0.15, 0.2) is 0 Å². The van der Waals surface area contributed by atoms with E-state index in [4.69, 9.17) is 4.74 Å². The van der Waals surface area contributed by atoms with Crippen LogP contribution in [0.15, 0.2) is 48.5 Å². The number of imide groups is 1. The fourth-order valence-electron chi connectivity index (χ4n) is 3.57. The van der Waals surface area contributed by atoms with Crippen LogP contribution >= 0.6 is 11.8 Å². The molecular weight excluding hydrogens is 416 g/mol. The normalized spacial score (nSPS) is 16.6. The zero-order valence-electron chi connectivity index (χ0n) is 17.2. The molecular formula is C22H24N4O4S. The van der Waals surface area contributed by atoms with Crippen LogP contribution < -0.4 is 15.0 Å². The molecule has 2 aromatic rings. The second-order valence-corrected chi connectivity index (χ2v) is 8.26. The van der Waals surface area contributed by atoms with Gasteiger partial charge in [-0.15, -0.1) is 0 Å². The number of thioether (sulfide) groups is 1.